The lowest BCUT2D eigenvalue weighted by Gasteiger charge is -2.51. The van der Waals surface area contributed by atoms with Gasteiger partial charge in [-0.05, 0) is 47.7 Å². The third-order valence-electron chi connectivity index (χ3n) is 6.01. The third-order valence-corrected chi connectivity index (χ3v) is 6.41. The average Bonchev–Trinajstić information content (AvgIpc) is 2.75. The lowest BCUT2D eigenvalue weighted by molar-refractivity contribution is -0.132. The summed E-state index contributed by atoms with van der Waals surface area (Å²) < 4.78 is 6.55. The Bertz CT molecular complexity index is 1260. The van der Waals surface area contributed by atoms with Crippen molar-refractivity contribution in [1.29, 1.82) is 0 Å². The summed E-state index contributed by atoms with van der Waals surface area (Å²) in [4.78, 5) is 27.0. The molecule has 0 saturated carbocycles. The van der Waals surface area contributed by atoms with E-state index in [9.17, 15) is 9.59 Å². The number of benzene rings is 2. The van der Waals surface area contributed by atoms with Crippen LogP contribution in [0, 0.1) is 6.92 Å². The fourth-order valence-electron chi connectivity index (χ4n) is 4.25. The van der Waals surface area contributed by atoms with E-state index in [0.29, 0.717) is 30.1 Å². The molecule has 0 radical (unpaired) electrons. The molecule has 3 aromatic rings. The topological polar surface area (TPSA) is 63.6 Å². The molecule has 1 N–H and O–H groups in total. The van der Waals surface area contributed by atoms with E-state index in [0.717, 1.165) is 22.2 Å². The van der Waals surface area contributed by atoms with Crippen molar-refractivity contribution in [1.82, 2.24) is 9.47 Å². The highest BCUT2D eigenvalue weighted by Gasteiger charge is 2.47. The zero-order valence-electron chi connectivity index (χ0n) is 18.4. The molecule has 0 spiro atoms. The number of hydrogen-bond acceptors (Lipinski definition) is 4. The minimum atomic E-state index is -0.507. The fourth-order valence-corrected chi connectivity index (χ4v) is 4.42. The van der Waals surface area contributed by atoms with Crippen LogP contribution in [-0.4, -0.2) is 42.2 Å². The summed E-state index contributed by atoms with van der Waals surface area (Å²) in [7, 11) is 3.33. The number of fused-ring (bicyclic) bond motifs is 1. The van der Waals surface area contributed by atoms with Crippen molar-refractivity contribution >= 4 is 34.0 Å². The molecular weight excluding hydrogens is 426 g/mol. The zero-order chi connectivity index (χ0) is 22.9. The molecule has 0 aliphatic carbocycles. The van der Waals surface area contributed by atoms with Crippen molar-refractivity contribution in [2.75, 3.05) is 32.1 Å². The quantitative estimate of drug-likeness (QED) is 0.578. The van der Waals surface area contributed by atoms with E-state index in [-0.39, 0.29) is 11.5 Å². The molecule has 2 heterocycles. The first kappa shape index (κ1) is 22.1. The van der Waals surface area contributed by atoms with Crippen LogP contribution in [0.2, 0.25) is 5.02 Å². The first-order chi connectivity index (χ1) is 15.3. The van der Waals surface area contributed by atoms with Crippen LogP contribution in [0.3, 0.4) is 0 Å². The molecule has 32 heavy (non-hydrogen) atoms. The number of aryl methyl sites for hydroxylation is 1. The molecule has 1 saturated heterocycles. The van der Waals surface area contributed by atoms with Gasteiger partial charge < -0.3 is 19.5 Å². The van der Waals surface area contributed by atoms with Crippen molar-refractivity contribution in [3.63, 3.8) is 0 Å². The van der Waals surface area contributed by atoms with Gasteiger partial charge in [-0.15, -0.1) is 0 Å². The number of rotatable bonds is 6. The Kier molecular flexibility index (Phi) is 6.09. The molecule has 0 unspecified atom stereocenters. The molecule has 0 bridgehead atoms. The molecule has 6 nitrogen and oxygen atoms in total. The molecule has 1 aliphatic heterocycles. The molecule has 1 aromatic heterocycles. The summed E-state index contributed by atoms with van der Waals surface area (Å²) in [5.74, 6) is -0.0634. The highest BCUT2D eigenvalue weighted by Crippen LogP contribution is 2.39. The van der Waals surface area contributed by atoms with E-state index in [4.69, 9.17) is 16.3 Å². The minimum Gasteiger partial charge on any atom is -0.381 e. The van der Waals surface area contributed by atoms with Gasteiger partial charge in [-0.25, -0.2) is 0 Å². The maximum Gasteiger partial charge on any atom is 0.258 e. The smallest absolute Gasteiger partial charge is 0.258 e. The maximum absolute atomic E-state index is 12.6. The Hall–Kier alpha value is -3.09. The predicted molar refractivity (Wildman–Crippen MR) is 128 cm³/mol. The van der Waals surface area contributed by atoms with Gasteiger partial charge in [-0.2, -0.15) is 0 Å². The van der Waals surface area contributed by atoms with Crippen LogP contribution in [0.4, 0.5) is 5.69 Å². The van der Waals surface area contributed by atoms with Crippen LogP contribution in [0.25, 0.3) is 10.8 Å². The Morgan fingerprint density at radius 3 is 2.78 bits per heavy atom. The summed E-state index contributed by atoms with van der Waals surface area (Å²) in [6, 6.07) is 13.5. The van der Waals surface area contributed by atoms with Crippen LogP contribution in [0.1, 0.15) is 11.1 Å². The SMILES string of the molecule is COC/C=C/C(=O)N1CC(Nc2ccc3ccn(C)c(=O)c3c2)(c2cccc(Cl)c2C)C1. The van der Waals surface area contributed by atoms with E-state index in [2.05, 4.69) is 5.32 Å². The van der Waals surface area contributed by atoms with Crippen molar-refractivity contribution in [2.45, 2.75) is 12.5 Å². The number of anilines is 1. The summed E-state index contributed by atoms with van der Waals surface area (Å²) in [5.41, 5.74) is 2.28. The Morgan fingerprint density at radius 1 is 1.25 bits per heavy atom. The number of nitrogens with zero attached hydrogens (tertiary/aromatic N) is 2. The number of carbonyl (C=O) groups is 1. The molecule has 166 valence electrons. The Labute approximate surface area is 192 Å². The van der Waals surface area contributed by atoms with Crippen LogP contribution >= 0.6 is 11.6 Å². The summed E-state index contributed by atoms with van der Waals surface area (Å²) in [6.45, 7) is 3.34. The number of carbonyl (C=O) groups excluding carboxylic acids is 1. The van der Waals surface area contributed by atoms with Crippen LogP contribution in [0.15, 0.2) is 65.6 Å². The zero-order valence-corrected chi connectivity index (χ0v) is 19.1. The Morgan fingerprint density at radius 2 is 2.03 bits per heavy atom. The lowest BCUT2D eigenvalue weighted by atomic mass is 9.79. The van der Waals surface area contributed by atoms with Crippen LogP contribution < -0.4 is 10.9 Å². The van der Waals surface area contributed by atoms with E-state index in [1.54, 1.807) is 35.9 Å². The molecule has 2 aromatic carbocycles. The van der Waals surface area contributed by atoms with Gasteiger partial charge in [0.15, 0.2) is 0 Å². The molecule has 0 atom stereocenters. The number of halogens is 1. The molecule has 1 fully saturated rings. The third kappa shape index (κ3) is 4.04. The maximum atomic E-state index is 12.6. The molecule has 1 amide bonds. The van der Waals surface area contributed by atoms with Crippen molar-refractivity contribution in [3.05, 3.63) is 87.3 Å². The van der Waals surface area contributed by atoms with Gasteiger partial charge in [0.1, 0.15) is 0 Å². The first-order valence-electron chi connectivity index (χ1n) is 10.4. The normalized spacial score (nSPS) is 15.2. The van der Waals surface area contributed by atoms with Crippen LogP contribution in [-0.2, 0) is 22.1 Å². The summed E-state index contributed by atoms with van der Waals surface area (Å²) in [6.07, 6.45) is 5.01. The molecule has 4 rings (SSSR count). The predicted octanol–water partition coefficient (Wildman–Crippen LogP) is 3.85. The van der Waals surface area contributed by atoms with Gasteiger partial charge in [0.05, 0.1) is 25.2 Å². The Balaban J connectivity index is 1.69. The largest absolute Gasteiger partial charge is 0.381 e. The number of nitrogens with one attached hydrogen (secondary N) is 1. The first-order valence-corrected chi connectivity index (χ1v) is 10.8. The highest BCUT2D eigenvalue weighted by atomic mass is 35.5. The van der Waals surface area contributed by atoms with Gasteiger partial charge in [0.2, 0.25) is 5.91 Å². The molecular formula is C25H26ClN3O3. The minimum absolute atomic E-state index is 0.0483. The second-order valence-corrected chi connectivity index (χ2v) is 8.61. The second kappa shape index (κ2) is 8.81. The monoisotopic (exact) mass is 451 g/mol. The van der Waals surface area contributed by atoms with Crippen molar-refractivity contribution < 1.29 is 9.53 Å². The number of ether oxygens (including phenoxy) is 1. The van der Waals surface area contributed by atoms with E-state index in [1.165, 1.54) is 6.08 Å². The van der Waals surface area contributed by atoms with Crippen molar-refractivity contribution in [3.8, 4) is 0 Å². The van der Waals surface area contributed by atoms with Gasteiger partial charge in [-0.1, -0.05) is 35.9 Å². The molecule has 7 heteroatoms. The van der Waals surface area contributed by atoms with E-state index < -0.39 is 5.54 Å². The van der Waals surface area contributed by atoms with Gasteiger partial charge in [-0.3, -0.25) is 9.59 Å². The van der Waals surface area contributed by atoms with E-state index >= 15 is 0 Å². The number of likely N-dealkylation sites (tertiary alicyclic amines) is 1. The highest BCUT2D eigenvalue weighted by molar-refractivity contribution is 6.31. The number of amides is 1. The van der Waals surface area contributed by atoms with Crippen LogP contribution in [0.5, 0.6) is 0 Å². The fraction of sp³-hybridized carbons (Fsp3) is 0.280. The van der Waals surface area contributed by atoms with Gasteiger partial charge in [0.25, 0.3) is 5.56 Å². The number of aromatic nitrogens is 1. The number of methoxy groups -OCH3 is 1. The molecule has 1 aliphatic rings. The number of hydrogen-bond donors (Lipinski definition) is 1. The van der Waals surface area contributed by atoms with Gasteiger partial charge in [0, 0.05) is 42.5 Å². The lowest BCUT2D eigenvalue weighted by Crippen LogP contribution is -2.65. The standard InChI is InChI=1S/C25H26ClN3O3/c1-17-21(6-4-7-22(17)26)25(15-29(16-25)23(30)8-5-13-32-3)27-19-10-9-18-11-12-28(2)24(31)20(18)14-19/h4-12,14,27H,13,15-16H2,1-3H3/b8-5+. The van der Waals surface area contributed by atoms with Gasteiger partial charge >= 0.3 is 0 Å². The summed E-state index contributed by atoms with van der Waals surface area (Å²) in [5, 5.41) is 5.83. The summed E-state index contributed by atoms with van der Waals surface area (Å²) >= 11 is 6.43. The van der Waals surface area contributed by atoms with Crippen molar-refractivity contribution in [2.24, 2.45) is 7.05 Å². The second-order valence-electron chi connectivity index (χ2n) is 8.21. The van der Waals surface area contributed by atoms with E-state index in [1.807, 2.05) is 49.4 Å². The number of pyridine rings is 1. The average molecular weight is 452 g/mol.